The lowest BCUT2D eigenvalue weighted by atomic mass is 10.2. The molecule has 14 heavy (non-hydrogen) atoms. The van der Waals surface area contributed by atoms with Crippen molar-refractivity contribution in [2.75, 3.05) is 13.2 Å². The minimum Gasteiger partial charge on any atom is -0.372 e. The van der Waals surface area contributed by atoms with Crippen LogP contribution < -0.4 is 5.73 Å². The molecule has 0 aliphatic carbocycles. The van der Waals surface area contributed by atoms with Crippen LogP contribution in [-0.2, 0) is 11.3 Å². The molecule has 0 radical (unpaired) electrons. The summed E-state index contributed by atoms with van der Waals surface area (Å²) in [5.74, 6) is -0.245. The molecule has 0 aromatic heterocycles. The number of nitrogens with two attached hydrogens (primary N) is 1. The van der Waals surface area contributed by atoms with Crippen LogP contribution in [-0.4, -0.2) is 13.2 Å². The Morgan fingerprint density at radius 2 is 2.14 bits per heavy atom. The molecule has 3 heteroatoms. The number of hydrogen-bond donors (Lipinski definition) is 1. The molecule has 0 bridgehead atoms. The summed E-state index contributed by atoms with van der Waals surface area (Å²) in [6.07, 6.45) is 0. The summed E-state index contributed by atoms with van der Waals surface area (Å²) in [7, 11) is 0. The summed E-state index contributed by atoms with van der Waals surface area (Å²) in [6, 6.07) is 6.54. The third-order valence-corrected chi connectivity index (χ3v) is 1.81. The van der Waals surface area contributed by atoms with Gasteiger partial charge in [0.05, 0.1) is 13.2 Å². The number of halogens is 1. The SMILES string of the molecule is C=C(CN)COCc1ccccc1F. The van der Waals surface area contributed by atoms with E-state index in [-0.39, 0.29) is 12.4 Å². The molecule has 2 nitrogen and oxygen atoms in total. The van der Waals surface area contributed by atoms with Gasteiger partial charge in [-0.2, -0.15) is 0 Å². The zero-order valence-electron chi connectivity index (χ0n) is 8.00. The fourth-order valence-corrected chi connectivity index (χ4v) is 0.980. The Hall–Kier alpha value is -1.19. The fourth-order valence-electron chi connectivity index (χ4n) is 0.980. The maximum Gasteiger partial charge on any atom is 0.128 e. The van der Waals surface area contributed by atoms with Crippen molar-refractivity contribution in [3.05, 3.63) is 47.8 Å². The van der Waals surface area contributed by atoms with E-state index in [9.17, 15) is 4.39 Å². The van der Waals surface area contributed by atoms with Crippen LogP contribution in [0.5, 0.6) is 0 Å². The average molecular weight is 195 g/mol. The molecular weight excluding hydrogens is 181 g/mol. The summed E-state index contributed by atoms with van der Waals surface area (Å²) in [5.41, 5.74) is 6.69. The van der Waals surface area contributed by atoms with Crippen LogP contribution >= 0.6 is 0 Å². The second-order valence-electron chi connectivity index (χ2n) is 3.04. The van der Waals surface area contributed by atoms with Gasteiger partial charge in [-0.25, -0.2) is 4.39 Å². The van der Waals surface area contributed by atoms with Crippen LogP contribution in [0.2, 0.25) is 0 Å². The molecule has 0 aliphatic heterocycles. The van der Waals surface area contributed by atoms with Crippen LogP contribution in [0.25, 0.3) is 0 Å². The molecule has 0 amide bonds. The van der Waals surface area contributed by atoms with Crippen LogP contribution in [0.1, 0.15) is 5.56 Å². The van der Waals surface area contributed by atoms with Gasteiger partial charge in [0.25, 0.3) is 0 Å². The predicted octanol–water partition coefficient (Wildman–Crippen LogP) is 1.86. The van der Waals surface area contributed by atoms with Gasteiger partial charge in [0, 0.05) is 12.1 Å². The normalized spacial score (nSPS) is 10.1. The number of ether oxygens (including phenoxy) is 1. The molecule has 0 atom stereocenters. The standard InChI is InChI=1S/C11H14FNO/c1-9(6-13)7-14-8-10-4-2-3-5-11(10)12/h2-5H,1,6-8,13H2. The van der Waals surface area contributed by atoms with Crippen molar-refractivity contribution in [1.82, 2.24) is 0 Å². The van der Waals surface area contributed by atoms with E-state index in [0.717, 1.165) is 5.57 Å². The van der Waals surface area contributed by atoms with Crippen LogP contribution in [0.15, 0.2) is 36.4 Å². The lowest BCUT2D eigenvalue weighted by Gasteiger charge is -2.05. The highest BCUT2D eigenvalue weighted by molar-refractivity contribution is 5.16. The van der Waals surface area contributed by atoms with Crippen LogP contribution in [0.3, 0.4) is 0 Å². The van der Waals surface area contributed by atoms with E-state index in [1.165, 1.54) is 6.07 Å². The summed E-state index contributed by atoms with van der Waals surface area (Å²) in [6.45, 7) is 4.72. The molecule has 0 heterocycles. The average Bonchev–Trinajstić information content (AvgIpc) is 2.20. The topological polar surface area (TPSA) is 35.2 Å². The number of benzene rings is 1. The monoisotopic (exact) mass is 195 g/mol. The van der Waals surface area contributed by atoms with Crippen molar-refractivity contribution in [3.8, 4) is 0 Å². The lowest BCUT2D eigenvalue weighted by molar-refractivity contribution is 0.139. The minimum absolute atomic E-state index is 0.245. The molecule has 76 valence electrons. The Kier molecular flexibility index (Phi) is 4.29. The van der Waals surface area contributed by atoms with E-state index in [0.29, 0.717) is 18.7 Å². The highest BCUT2D eigenvalue weighted by Crippen LogP contribution is 2.07. The Morgan fingerprint density at radius 3 is 2.79 bits per heavy atom. The molecule has 1 aromatic carbocycles. The molecule has 0 fully saturated rings. The number of rotatable bonds is 5. The molecule has 0 unspecified atom stereocenters. The molecule has 1 aromatic rings. The summed E-state index contributed by atoms with van der Waals surface area (Å²) >= 11 is 0. The summed E-state index contributed by atoms with van der Waals surface area (Å²) < 4.78 is 18.3. The van der Waals surface area contributed by atoms with E-state index in [4.69, 9.17) is 10.5 Å². The third kappa shape index (κ3) is 3.28. The van der Waals surface area contributed by atoms with Crippen molar-refractivity contribution in [2.45, 2.75) is 6.61 Å². The lowest BCUT2D eigenvalue weighted by Crippen LogP contribution is -2.08. The smallest absolute Gasteiger partial charge is 0.128 e. The second kappa shape index (κ2) is 5.52. The first-order valence-electron chi connectivity index (χ1n) is 4.42. The first-order valence-corrected chi connectivity index (χ1v) is 4.42. The van der Waals surface area contributed by atoms with Gasteiger partial charge < -0.3 is 10.5 Å². The van der Waals surface area contributed by atoms with Crippen molar-refractivity contribution in [2.24, 2.45) is 5.73 Å². The highest BCUT2D eigenvalue weighted by atomic mass is 19.1. The Morgan fingerprint density at radius 1 is 1.43 bits per heavy atom. The van der Waals surface area contributed by atoms with Crippen molar-refractivity contribution in [1.29, 1.82) is 0 Å². The Balaban J connectivity index is 2.39. The quantitative estimate of drug-likeness (QED) is 0.728. The van der Waals surface area contributed by atoms with E-state index >= 15 is 0 Å². The van der Waals surface area contributed by atoms with Crippen molar-refractivity contribution >= 4 is 0 Å². The van der Waals surface area contributed by atoms with Crippen molar-refractivity contribution < 1.29 is 9.13 Å². The van der Waals surface area contributed by atoms with Gasteiger partial charge >= 0.3 is 0 Å². The molecule has 0 saturated carbocycles. The summed E-state index contributed by atoms with van der Waals surface area (Å²) in [5, 5.41) is 0. The van der Waals surface area contributed by atoms with Gasteiger partial charge in [0.15, 0.2) is 0 Å². The first-order chi connectivity index (χ1) is 6.74. The van der Waals surface area contributed by atoms with Crippen molar-refractivity contribution in [3.63, 3.8) is 0 Å². The third-order valence-electron chi connectivity index (χ3n) is 1.81. The largest absolute Gasteiger partial charge is 0.372 e. The van der Waals surface area contributed by atoms with Gasteiger partial charge in [0.2, 0.25) is 0 Å². The van der Waals surface area contributed by atoms with Crippen LogP contribution in [0.4, 0.5) is 4.39 Å². The van der Waals surface area contributed by atoms with Gasteiger partial charge in [0.1, 0.15) is 5.82 Å². The van der Waals surface area contributed by atoms with E-state index in [1.54, 1.807) is 18.2 Å². The molecule has 1 rings (SSSR count). The zero-order chi connectivity index (χ0) is 10.4. The summed E-state index contributed by atoms with van der Waals surface area (Å²) in [4.78, 5) is 0. The maximum absolute atomic E-state index is 13.1. The predicted molar refractivity (Wildman–Crippen MR) is 54.3 cm³/mol. The van der Waals surface area contributed by atoms with Gasteiger partial charge in [-0.05, 0) is 11.6 Å². The van der Waals surface area contributed by atoms with Gasteiger partial charge in [-0.3, -0.25) is 0 Å². The van der Waals surface area contributed by atoms with E-state index < -0.39 is 0 Å². The van der Waals surface area contributed by atoms with Gasteiger partial charge in [-0.15, -0.1) is 0 Å². The highest BCUT2D eigenvalue weighted by Gasteiger charge is 2.00. The van der Waals surface area contributed by atoms with Gasteiger partial charge in [-0.1, -0.05) is 24.8 Å². The zero-order valence-corrected chi connectivity index (χ0v) is 8.00. The maximum atomic E-state index is 13.1. The minimum atomic E-state index is -0.245. The number of hydrogen-bond acceptors (Lipinski definition) is 2. The van der Waals surface area contributed by atoms with E-state index in [2.05, 4.69) is 6.58 Å². The molecule has 2 N–H and O–H groups in total. The first kappa shape index (κ1) is 10.9. The Labute approximate surface area is 83.2 Å². The molecule has 0 aliphatic rings. The molecule has 0 saturated heterocycles. The Bertz CT molecular complexity index is 312. The van der Waals surface area contributed by atoms with Crippen LogP contribution in [0, 0.1) is 5.82 Å². The molecule has 0 spiro atoms. The fraction of sp³-hybridized carbons (Fsp3) is 0.273. The van der Waals surface area contributed by atoms with E-state index in [1.807, 2.05) is 0 Å². The second-order valence-corrected chi connectivity index (χ2v) is 3.04. The molecular formula is C11H14FNO.